The van der Waals surface area contributed by atoms with Crippen molar-refractivity contribution < 1.29 is 9.00 Å². The molecule has 1 aromatic rings. The van der Waals surface area contributed by atoms with Crippen LogP contribution in [0, 0.1) is 0 Å². The highest BCUT2D eigenvalue weighted by Crippen LogP contribution is 2.14. The van der Waals surface area contributed by atoms with E-state index < -0.39 is 10.8 Å². The summed E-state index contributed by atoms with van der Waals surface area (Å²) in [4.78, 5) is 14.4. The van der Waals surface area contributed by atoms with E-state index in [4.69, 9.17) is 0 Å². The van der Waals surface area contributed by atoms with Crippen molar-refractivity contribution in [1.82, 2.24) is 4.90 Å². The van der Waals surface area contributed by atoms with Crippen molar-refractivity contribution in [1.29, 1.82) is 0 Å². The van der Waals surface area contributed by atoms with Gasteiger partial charge < -0.3 is 10.2 Å². The Kier molecular flexibility index (Phi) is 5.76. The highest BCUT2D eigenvalue weighted by Gasteiger charge is 2.11. The Morgan fingerprint density at radius 1 is 1.47 bits per heavy atom. The first-order valence-electron chi connectivity index (χ1n) is 6.07. The van der Waals surface area contributed by atoms with Gasteiger partial charge in [0.25, 0.3) is 0 Å². The maximum absolute atomic E-state index is 12.1. The second-order valence-electron chi connectivity index (χ2n) is 4.38. The molecule has 1 atom stereocenters. The molecule has 5 heteroatoms. The summed E-state index contributed by atoms with van der Waals surface area (Å²) < 4.78 is 11.4. The number of anilines is 1. The van der Waals surface area contributed by atoms with Gasteiger partial charge in [-0.2, -0.15) is 0 Å². The Morgan fingerprint density at radius 2 is 2.16 bits per heavy atom. The fraction of sp³-hybridized carbons (Fsp3) is 0.357. The van der Waals surface area contributed by atoms with Gasteiger partial charge in [0.15, 0.2) is 0 Å². The van der Waals surface area contributed by atoms with Gasteiger partial charge >= 0.3 is 6.03 Å². The molecule has 0 aromatic heterocycles. The third-order valence-electron chi connectivity index (χ3n) is 2.55. The van der Waals surface area contributed by atoms with Gasteiger partial charge in [0, 0.05) is 40.7 Å². The molecule has 0 fully saturated rings. The molecule has 4 nitrogen and oxygen atoms in total. The summed E-state index contributed by atoms with van der Waals surface area (Å²) in [7, 11) is -1.05. The number of benzene rings is 1. The Hall–Kier alpha value is -1.62. The molecule has 0 aliphatic rings. The Bertz CT molecular complexity index is 500. The number of carbonyl (C=O) groups is 1. The van der Waals surface area contributed by atoms with Crippen LogP contribution in [0.1, 0.15) is 13.8 Å². The van der Waals surface area contributed by atoms with Crippen molar-refractivity contribution in [3.63, 3.8) is 0 Å². The van der Waals surface area contributed by atoms with Gasteiger partial charge in [-0.3, -0.25) is 4.21 Å². The fourth-order valence-electron chi connectivity index (χ4n) is 1.61. The molecular formula is C14H20N2O2S. The molecule has 19 heavy (non-hydrogen) atoms. The number of likely N-dealkylation sites (N-methyl/N-ethyl adjacent to an activating group) is 1. The highest BCUT2D eigenvalue weighted by atomic mass is 32.2. The Morgan fingerprint density at radius 3 is 2.68 bits per heavy atom. The zero-order valence-corrected chi connectivity index (χ0v) is 12.4. The first-order chi connectivity index (χ1) is 8.93. The summed E-state index contributed by atoms with van der Waals surface area (Å²) in [5.74, 6) is 0. The van der Waals surface area contributed by atoms with Gasteiger partial charge in [0.2, 0.25) is 0 Å². The molecule has 1 unspecified atom stereocenters. The molecule has 0 spiro atoms. The Labute approximate surface area is 117 Å². The van der Waals surface area contributed by atoms with Crippen LogP contribution >= 0.6 is 0 Å². The van der Waals surface area contributed by atoms with Gasteiger partial charge in [-0.25, -0.2) is 4.79 Å². The zero-order valence-electron chi connectivity index (χ0n) is 11.6. The van der Waals surface area contributed by atoms with Gasteiger partial charge in [-0.15, -0.1) is 0 Å². The second kappa shape index (κ2) is 7.09. The molecule has 0 saturated heterocycles. The molecule has 1 N–H and O–H groups in total. The molecule has 0 aliphatic heterocycles. The maximum atomic E-state index is 12.1. The van der Waals surface area contributed by atoms with E-state index in [1.807, 2.05) is 13.8 Å². The van der Waals surface area contributed by atoms with Crippen LogP contribution in [-0.4, -0.2) is 34.5 Å². The van der Waals surface area contributed by atoms with Crippen molar-refractivity contribution >= 4 is 22.5 Å². The predicted octanol–water partition coefficient (Wildman–Crippen LogP) is 2.85. The topological polar surface area (TPSA) is 49.4 Å². The van der Waals surface area contributed by atoms with Crippen LogP contribution in [0.4, 0.5) is 10.5 Å². The first-order valence-corrected chi connectivity index (χ1v) is 7.63. The lowest BCUT2D eigenvalue weighted by molar-refractivity contribution is 0.218. The maximum Gasteiger partial charge on any atom is 0.322 e. The largest absolute Gasteiger partial charge is 0.322 e. The van der Waals surface area contributed by atoms with Crippen LogP contribution in [0.15, 0.2) is 41.3 Å². The molecule has 0 saturated carbocycles. The molecule has 104 valence electrons. The minimum atomic E-state index is -1.05. The molecule has 2 amide bonds. The lowest BCUT2D eigenvalue weighted by Gasteiger charge is -2.21. The standard InChI is InChI=1S/C14H20N2O2S/c1-5-16(10-11(2)3)14(17)15-12-7-6-8-13(9-12)19(4)18/h6-9H,2,5,10H2,1,3-4H3,(H,15,17). The van der Waals surface area contributed by atoms with Crippen molar-refractivity contribution in [3.05, 3.63) is 36.4 Å². The SMILES string of the molecule is C=C(C)CN(CC)C(=O)Nc1cccc(S(C)=O)c1. The quantitative estimate of drug-likeness (QED) is 0.843. The van der Waals surface area contributed by atoms with Crippen LogP contribution in [0.2, 0.25) is 0 Å². The summed E-state index contributed by atoms with van der Waals surface area (Å²) in [5.41, 5.74) is 1.58. The third kappa shape index (κ3) is 4.87. The number of nitrogens with zero attached hydrogens (tertiary/aromatic N) is 1. The van der Waals surface area contributed by atoms with E-state index >= 15 is 0 Å². The van der Waals surface area contributed by atoms with Crippen LogP contribution < -0.4 is 5.32 Å². The smallest absolute Gasteiger partial charge is 0.321 e. The molecule has 0 aliphatic carbocycles. The number of urea groups is 1. The number of hydrogen-bond acceptors (Lipinski definition) is 2. The van der Waals surface area contributed by atoms with E-state index in [0.717, 1.165) is 5.57 Å². The van der Waals surface area contributed by atoms with Gasteiger partial charge in [0.05, 0.1) is 0 Å². The number of rotatable bonds is 5. The van der Waals surface area contributed by atoms with Crippen molar-refractivity contribution in [3.8, 4) is 0 Å². The van der Waals surface area contributed by atoms with Crippen molar-refractivity contribution in [2.24, 2.45) is 0 Å². The molecule has 0 bridgehead atoms. The third-order valence-corrected chi connectivity index (χ3v) is 3.46. The molecule has 1 aromatic carbocycles. The normalized spacial score (nSPS) is 11.7. The van der Waals surface area contributed by atoms with Gasteiger partial charge in [-0.1, -0.05) is 18.2 Å². The summed E-state index contributed by atoms with van der Waals surface area (Å²) in [5, 5.41) is 2.80. The van der Waals surface area contributed by atoms with E-state index in [9.17, 15) is 9.00 Å². The lowest BCUT2D eigenvalue weighted by atomic mass is 10.3. The minimum absolute atomic E-state index is 0.176. The highest BCUT2D eigenvalue weighted by molar-refractivity contribution is 7.84. The van der Waals surface area contributed by atoms with Crippen LogP contribution in [0.25, 0.3) is 0 Å². The average Bonchev–Trinajstić information content (AvgIpc) is 2.35. The van der Waals surface area contributed by atoms with E-state index in [2.05, 4.69) is 11.9 Å². The van der Waals surface area contributed by atoms with E-state index in [1.54, 1.807) is 35.4 Å². The van der Waals surface area contributed by atoms with Crippen molar-refractivity contribution in [2.75, 3.05) is 24.7 Å². The summed E-state index contributed by atoms with van der Waals surface area (Å²) in [6.07, 6.45) is 1.61. The number of nitrogens with one attached hydrogen (secondary N) is 1. The number of amides is 2. The van der Waals surface area contributed by atoms with Gasteiger partial charge in [0.1, 0.15) is 0 Å². The monoisotopic (exact) mass is 280 g/mol. The average molecular weight is 280 g/mol. The molecular weight excluding hydrogens is 260 g/mol. The van der Waals surface area contributed by atoms with E-state index in [-0.39, 0.29) is 6.03 Å². The molecule has 0 heterocycles. The van der Waals surface area contributed by atoms with Crippen LogP contribution in [-0.2, 0) is 10.8 Å². The van der Waals surface area contributed by atoms with Crippen molar-refractivity contribution in [2.45, 2.75) is 18.7 Å². The van der Waals surface area contributed by atoms with E-state index in [0.29, 0.717) is 23.7 Å². The Balaban J connectivity index is 2.78. The summed E-state index contributed by atoms with van der Waals surface area (Å²) in [6.45, 7) is 8.75. The van der Waals surface area contributed by atoms with E-state index in [1.165, 1.54) is 0 Å². The molecule has 0 radical (unpaired) electrons. The van der Waals surface area contributed by atoms with Crippen LogP contribution in [0.5, 0.6) is 0 Å². The number of hydrogen-bond donors (Lipinski definition) is 1. The predicted molar refractivity (Wildman–Crippen MR) is 79.9 cm³/mol. The molecule has 1 rings (SSSR count). The lowest BCUT2D eigenvalue weighted by Crippen LogP contribution is -2.35. The zero-order chi connectivity index (χ0) is 14.4. The second-order valence-corrected chi connectivity index (χ2v) is 5.76. The summed E-state index contributed by atoms with van der Waals surface area (Å²) >= 11 is 0. The fourth-order valence-corrected chi connectivity index (χ4v) is 2.17. The number of carbonyl (C=O) groups excluding carboxylic acids is 1. The minimum Gasteiger partial charge on any atom is -0.321 e. The van der Waals surface area contributed by atoms with Crippen LogP contribution in [0.3, 0.4) is 0 Å². The van der Waals surface area contributed by atoms with Gasteiger partial charge in [-0.05, 0) is 32.0 Å². The summed E-state index contributed by atoms with van der Waals surface area (Å²) in [6, 6.07) is 6.88. The first kappa shape index (κ1) is 15.4.